The van der Waals surface area contributed by atoms with Crippen LogP contribution in [0.2, 0.25) is 0 Å². The molecule has 0 saturated carbocycles. The topological polar surface area (TPSA) is 29.9 Å². The third kappa shape index (κ3) is 2.78. The Morgan fingerprint density at radius 2 is 2.25 bits per heavy atom. The van der Waals surface area contributed by atoms with Gasteiger partial charge in [-0.15, -0.1) is 0 Å². The minimum Gasteiger partial charge on any atom is -0.314 e. The molecule has 3 heteroatoms. The molecule has 1 atom stereocenters. The fourth-order valence-corrected chi connectivity index (χ4v) is 3.13. The van der Waals surface area contributed by atoms with Gasteiger partial charge in [0.1, 0.15) is 0 Å². The number of rotatable bonds is 3. The molecule has 0 aliphatic carbocycles. The van der Waals surface area contributed by atoms with E-state index in [4.69, 9.17) is 0 Å². The van der Waals surface area contributed by atoms with Crippen LogP contribution in [0.3, 0.4) is 0 Å². The smallest absolute Gasteiger partial charge is 0.0929 e. The van der Waals surface area contributed by atoms with Gasteiger partial charge in [0, 0.05) is 18.5 Å². The van der Waals surface area contributed by atoms with Crippen LogP contribution in [0.1, 0.15) is 38.3 Å². The van der Waals surface area contributed by atoms with Gasteiger partial charge in [0.05, 0.1) is 11.2 Å². The molecule has 3 nitrogen and oxygen atoms in total. The first kappa shape index (κ1) is 13.4. The van der Waals surface area contributed by atoms with Crippen LogP contribution in [0.5, 0.6) is 0 Å². The van der Waals surface area contributed by atoms with Gasteiger partial charge in [-0.25, -0.2) is 0 Å². The van der Waals surface area contributed by atoms with Crippen LogP contribution in [-0.4, -0.2) is 22.4 Å². The Labute approximate surface area is 120 Å². The van der Waals surface area contributed by atoms with E-state index in [0.717, 1.165) is 12.1 Å². The molecule has 106 valence electrons. The molecule has 1 aromatic carbocycles. The Morgan fingerprint density at radius 1 is 1.40 bits per heavy atom. The highest BCUT2D eigenvalue weighted by Crippen LogP contribution is 2.22. The van der Waals surface area contributed by atoms with Gasteiger partial charge in [0.2, 0.25) is 0 Å². The summed E-state index contributed by atoms with van der Waals surface area (Å²) in [5.41, 5.74) is 3.70. The van der Waals surface area contributed by atoms with E-state index in [2.05, 4.69) is 47.7 Å². The zero-order valence-electron chi connectivity index (χ0n) is 12.4. The minimum atomic E-state index is 0.648. The highest BCUT2D eigenvalue weighted by Gasteiger charge is 2.13. The first-order chi connectivity index (χ1) is 9.74. The summed E-state index contributed by atoms with van der Waals surface area (Å²) in [7, 11) is 2.01. The molecule has 0 amide bonds. The van der Waals surface area contributed by atoms with E-state index in [-0.39, 0.29) is 0 Å². The second-order valence-electron chi connectivity index (χ2n) is 5.87. The quantitative estimate of drug-likeness (QED) is 0.924. The molecule has 1 saturated heterocycles. The standard InChI is InChI=1S/C17H23N3/c1-13(11-14-7-5-6-10-18-14)12-16-15-8-3-4-9-17(15)20(2)19-16/h3-4,8-9,12,14,18H,5-7,10-11H2,1-2H3/b13-12-. The van der Waals surface area contributed by atoms with Gasteiger partial charge in [0.25, 0.3) is 0 Å². The number of nitrogens with one attached hydrogen (secondary N) is 1. The lowest BCUT2D eigenvalue weighted by atomic mass is 9.98. The maximum Gasteiger partial charge on any atom is 0.0929 e. The monoisotopic (exact) mass is 269 g/mol. The molecule has 2 heterocycles. The third-order valence-corrected chi connectivity index (χ3v) is 4.15. The van der Waals surface area contributed by atoms with Crippen LogP contribution in [0.4, 0.5) is 0 Å². The van der Waals surface area contributed by atoms with Crippen LogP contribution >= 0.6 is 0 Å². The number of aromatic nitrogens is 2. The highest BCUT2D eigenvalue weighted by atomic mass is 15.3. The van der Waals surface area contributed by atoms with Crippen LogP contribution in [0, 0.1) is 0 Å². The maximum absolute atomic E-state index is 4.64. The molecule has 20 heavy (non-hydrogen) atoms. The van der Waals surface area contributed by atoms with Gasteiger partial charge in [0.15, 0.2) is 0 Å². The Morgan fingerprint density at radius 3 is 3.05 bits per heavy atom. The maximum atomic E-state index is 4.64. The molecule has 1 unspecified atom stereocenters. The lowest BCUT2D eigenvalue weighted by Crippen LogP contribution is -2.33. The Hall–Kier alpha value is -1.61. The molecule has 1 fully saturated rings. The van der Waals surface area contributed by atoms with E-state index in [1.54, 1.807) is 0 Å². The van der Waals surface area contributed by atoms with E-state index in [9.17, 15) is 0 Å². The fourth-order valence-electron chi connectivity index (χ4n) is 3.13. The van der Waals surface area contributed by atoms with Crippen LogP contribution in [0.15, 0.2) is 29.8 Å². The molecule has 1 aromatic heterocycles. The van der Waals surface area contributed by atoms with Crippen molar-refractivity contribution in [1.29, 1.82) is 0 Å². The van der Waals surface area contributed by atoms with Crippen LogP contribution in [0.25, 0.3) is 17.0 Å². The van der Waals surface area contributed by atoms with Crippen molar-refractivity contribution in [2.24, 2.45) is 7.05 Å². The van der Waals surface area contributed by atoms with E-state index >= 15 is 0 Å². The summed E-state index contributed by atoms with van der Waals surface area (Å²) in [6.07, 6.45) is 7.36. The number of hydrogen-bond acceptors (Lipinski definition) is 2. The van der Waals surface area contributed by atoms with Crippen LogP contribution < -0.4 is 5.32 Å². The number of aryl methyl sites for hydroxylation is 1. The lowest BCUT2D eigenvalue weighted by molar-refractivity contribution is 0.399. The molecule has 0 bridgehead atoms. The van der Waals surface area contributed by atoms with Crippen molar-refractivity contribution < 1.29 is 0 Å². The lowest BCUT2D eigenvalue weighted by Gasteiger charge is -2.23. The summed E-state index contributed by atoms with van der Waals surface area (Å²) >= 11 is 0. The second-order valence-corrected chi connectivity index (χ2v) is 5.87. The second kappa shape index (κ2) is 5.80. The largest absolute Gasteiger partial charge is 0.314 e. The third-order valence-electron chi connectivity index (χ3n) is 4.15. The number of benzene rings is 1. The summed E-state index contributed by atoms with van der Waals surface area (Å²) in [6.45, 7) is 3.39. The van der Waals surface area contributed by atoms with Gasteiger partial charge in [-0.3, -0.25) is 4.68 Å². The van der Waals surface area contributed by atoms with E-state index in [1.165, 1.54) is 42.3 Å². The molecule has 1 aliphatic heterocycles. The molecule has 3 rings (SSSR count). The van der Waals surface area contributed by atoms with Crippen molar-refractivity contribution in [2.75, 3.05) is 6.54 Å². The summed E-state index contributed by atoms with van der Waals surface area (Å²) in [5.74, 6) is 0. The SMILES string of the molecule is C/C(=C/c1nn(C)c2ccccc12)CC1CCCCN1. The van der Waals surface area contributed by atoms with Crippen molar-refractivity contribution in [3.8, 4) is 0 Å². The summed E-state index contributed by atoms with van der Waals surface area (Å²) < 4.78 is 1.97. The molecule has 1 aliphatic rings. The number of hydrogen-bond donors (Lipinski definition) is 1. The molecule has 2 aromatic rings. The number of nitrogens with zero attached hydrogens (tertiary/aromatic N) is 2. The Kier molecular flexibility index (Phi) is 3.88. The number of para-hydroxylation sites is 1. The first-order valence-corrected chi connectivity index (χ1v) is 7.56. The first-order valence-electron chi connectivity index (χ1n) is 7.56. The fraction of sp³-hybridized carbons (Fsp3) is 0.471. The van der Waals surface area contributed by atoms with Gasteiger partial charge in [-0.2, -0.15) is 5.10 Å². The van der Waals surface area contributed by atoms with Gasteiger partial charge < -0.3 is 5.32 Å². The minimum absolute atomic E-state index is 0.648. The van der Waals surface area contributed by atoms with E-state index in [0.29, 0.717) is 6.04 Å². The van der Waals surface area contributed by atoms with Gasteiger partial charge in [-0.1, -0.05) is 30.2 Å². The summed E-state index contributed by atoms with van der Waals surface area (Å²) in [6, 6.07) is 9.07. The van der Waals surface area contributed by atoms with E-state index in [1.807, 2.05) is 11.7 Å². The molecular formula is C17H23N3. The Balaban J connectivity index is 1.82. The molecule has 1 N–H and O–H groups in total. The molecule has 0 radical (unpaired) electrons. The van der Waals surface area contributed by atoms with Gasteiger partial charge in [-0.05, 0) is 44.9 Å². The van der Waals surface area contributed by atoms with Gasteiger partial charge >= 0.3 is 0 Å². The highest BCUT2D eigenvalue weighted by molar-refractivity contribution is 5.87. The van der Waals surface area contributed by atoms with E-state index < -0.39 is 0 Å². The average Bonchev–Trinajstić information content (AvgIpc) is 2.77. The molecular weight excluding hydrogens is 246 g/mol. The van der Waals surface area contributed by atoms with Crippen molar-refractivity contribution >= 4 is 17.0 Å². The van der Waals surface area contributed by atoms with Crippen molar-refractivity contribution in [1.82, 2.24) is 15.1 Å². The molecule has 0 spiro atoms. The van der Waals surface area contributed by atoms with Crippen LogP contribution in [-0.2, 0) is 7.05 Å². The number of piperidine rings is 1. The normalized spacial score (nSPS) is 20.5. The van der Waals surface area contributed by atoms with Crippen molar-refractivity contribution in [2.45, 2.75) is 38.6 Å². The summed E-state index contributed by atoms with van der Waals surface area (Å²) in [4.78, 5) is 0. The predicted octanol–water partition coefficient (Wildman–Crippen LogP) is 3.51. The number of fused-ring (bicyclic) bond motifs is 1. The zero-order chi connectivity index (χ0) is 13.9. The Bertz CT molecular complexity index is 618. The summed E-state index contributed by atoms with van der Waals surface area (Å²) in [5, 5.41) is 9.50. The van der Waals surface area contributed by atoms with Crippen molar-refractivity contribution in [3.05, 3.63) is 35.5 Å². The van der Waals surface area contributed by atoms with Crippen molar-refractivity contribution in [3.63, 3.8) is 0 Å². The zero-order valence-corrected chi connectivity index (χ0v) is 12.4. The average molecular weight is 269 g/mol. The predicted molar refractivity (Wildman–Crippen MR) is 84.6 cm³/mol.